The van der Waals surface area contributed by atoms with E-state index in [2.05, 4.69) is 10.3 Å². The summed E-state index contributed by atoms with van der Waals surface area (Å²) in [4.78, 5) is 17.6. The molecule has 3 rings (SSSR count). The third-order valence-electron chi connectivity index (χ3n) is 4.05. The van der Waals surface area contributed by atoms with Gasteiger partial charge in [-0.2, -0.15) is 13.2 Å². The van der Waals surface area contributed by atoms with E-state index in [9.17, 15) is 18.0 Å². The lowest BCUT2D eigenvalue weighted by Crippen LogP contribution is -2.30. The Kier molecular flexibility index (Phi) is 4.83. The molecule has 1 aromatic carbocycles. The summed E-state index contributed by atoms with van der Waals surface area (Å²) in [5.41, 5.74) is 2.03. The van der Waals surface area contributed by atoms with Crippen LogP contribution in [0.2, 0.25) is 5.02 Å². The molecule has 1 N–H and O–H groups in total. The highest BCUT2D eigenvalue weighted by Crippen LogP contribution is 2.37. The Morgan fingerprint density at radius 1 is 1.42 bits per heavy atom. The van der Waals surface area contributed by atoms with Crippen LogP contribution in [-0.4, -0.2) is 10.9 Å². The van der Waals surface area contributed by atoms with Crippen LogP contribution in [0.3, 0.4) is 0 Å². The zero-order chi connectivity index (χ0) is 17.3. The Hall–Kier alpha value is -1.60. The summed E-state index contributed by atoms with van der Waals surface area (Å²) in [6, 6.07) is 3.70. The van der Waals surface area contributed by atoms with Crippen molar-refractivity contribution < 1.29 is 18.0 Å². The standard InChI is InChI=1S/C16H14ClF3N2OS/c17-13-9(3-1-5-11(13)16(18,19)20)7-21-15(23)10-4-2-6-12-14(10)24-8-22-12/h1,3,5,8,10H,2,4,6-7H2,(H,21,23). The minimum Gasteiger partial charge on any atom is -0.351 e. The van der Waals surface area contributed by atoms with Gasteiger partial charge in [-0.1, -0.05) is 23.7 Å². The third kappa shape index (κ3) is 3.42. The lowest BCUT2D eigenvalue weighted by atomic mass is 9.91. The molecule has 24 heavy (non-hydrogen) atoms. The number of carbonyl (C=O) groups excluding carboxylic acids is 1. The van der Waals surface area contributed by atoms with E-state index in [1.165, 1.54) is 23.5 Å². The Morgan fingerprint density at radius 2 is 2.21 bits per heavy atom. The van der Waals surface area contributed by atoms with E-state index in [1.54, 1.807) is 5.51 Å². The first-order valence-electron chi connectivity index (χ1n) is 7.42. The van der Waals surface area contributed by atoms with Crippen LogP contribution < -0.4 is 5.32 Å². The largest absolute Gasteiger partial charge is 0.417 e. The van der Waals surface area contributed by atoms with Gasteiger partial charge in [-0.15, -0.1) is 11.3 Å². The average molecular weight is 375 g/mol. The first-order chi connectivity index (χ1) is 11.4. The second-order valence-electron chi connectivity index (χ2n) is 5.60. The van der Waals surface area contributed by atoms with E-state index in [1.807, 2.05) is 0 Å². The van der Waals surface area contributed by atoms with Crippen LogP contribution >= 0.6 is 22.9 Å². The molecule has 0 radical (unpaired) electrons. The van der Waals surface area contributed by atoms with E-state index in [0.29, 0.717) is 0 Å². The molecule has 1 unspecified atom stereocenters. The summed E-state index contributed by atoms with van der Waals surface area (Å²) in [5, 5.41) is 2.34. The van der Waals surface area contributed by atoms with E-state index in [4.69, 9.17) is 11.6 Å². The molecular weight excluding hydrogens is 361 g/mol. The van der Waals surface area contributed by atoms with Crippen LogP contribution in [-0.2, 0) is 23.9 Å². The van der Waals surface area contributed by atoms with E-state index in [-0.39, 0.29) is 29.0 Å². The number of alkyl halides is 3. The maximum absolute atomic E-state index is 12.9. The zero-order valence-electron chi connectivity index (χ0n) is 12.5. The zero-order valence-corrected chi connectivity index (χ0v) is 14.1. The molecule has 1 heterocycles. The minimum atomic E-state index is -4.52. The number of rotatable bonds is 3. The molecule has 1 aliphatic rings. The number of amides is 1. The molecule has 0 saturated heterocycles. The number of hydrogen-bond acceptors (Lipinski definition) is 3. The molecule has 1 aromatic heterocycles. The number of aromatic nitrogens is 1. The molecule has 1 aliphatic carbocycles. The van der Waals surface area contributed by atoms with Crippen molar-refractivity contribution in [2.45, 2.75) is 37.9 Å². The second kappa shape index (κ2) is 6.72. The number of nitrogens with zero attached hydrogens (tertiary/aromatic N) is 1. The SMILES string of the molecule is O=C(NCc1cccc(C(F)(F)F)c1Cl)C1CCCc2ncsc21. The van der Waals surface area contributed by atoms with Gasteiger partial charge in [-0.3, -0.25) is 4.79 Å². The first-order valence-corrected chi connectivity index (χ1v) is 8.68. The number of thiazole rings is 1. The monoisotopic (exact) mass is 374 g/mol. The number of nitrogens with one attached hydrogen (secondary N) is 1. The molecule has 0 aliphatic heterocycles. The van der Waals surface area contributed by atoms with Crippen LogP contribution in [0, 0.1) is 0 Å². The van der Waals surface area contributed by atoms with Crippen molar-refractivity contribution in [3.05, 3.63) is 50.4 Å². The predicted molar refractivity (Wildman–Crippen MR) is 86.1 cm³/mol. The maximum Gasteiger partial charge on any atom is 0.417 e. The molecule has 0 saturated carbocycles. The summed E-state index contributed by atoms with van der Waals surface area (Å²) in [5.74, 6) is -0.487. The fourth-order valence-electron chi connectivity index (χ4n) is 2.85. The van der Waals surface area contributed by atoms with Crippen molar-refractivity contribution >= 4 is 28.8 Å². The van der Waals surface area contributed by atoms with E-state index in [0.717, 1.165) is 35.9 Å². The van der Waals surface area contributed by atoms with Gasteiger partial charge in [0.25, 0.3) is 0 Å². The van der Waals surface area contributed by atoms with Gasteiger partial charge < -0.3 is 5.32 Å². The van der Waals surface area contributed by atoms with Crippen LogP contribution in [0.25, 0.3) is 0 Å². The molecule has 128 valence electrons. The normalized spacial score (nSPS) is 17.4. The minimum absolute atomic E-state index is 0.0355. The van der Waals surface area contributed by atoms with Crippen molar-refractivity contribution in [3.8, 4) is 0 Å². The number of carbonyl (C=O) groups is 1. The van der Waals surface area contributed by atoms with Gasteiger partial charge in [-0.25, -0.2) is 4.98 Å². The highest BCUT2D eigenvalue weighted by Gasteiger charge is 2.34. The summed E-state index contributed by atoms with van der Waals surface area (Å²) >= 11 is 7.29. The summed E-state index contributed by atoms with van der Waals surface area (Å²) < 4.78 is 38.6. The topological polar surface area (TPSA) is 42.0 Å². The number of fused-ring (bicyclic) bond motifs is 1. The van der Waals surface area contributed by atoms with Crippen LogP contribution in [0.1, 0.15) is 40.5 Å². The Morgan fingerprint density at radius 3 is 2.96 bits per heavy atom. The van der Waals surface area contributed by atoms with Crippen molar-refractivity contribution in [2.75, 3.05) is 0 Å². The maximum atomic E-state index is 12.9. The molecule has 2 aromatic rings. The van der Waals surface area contributed by atoms with Gasteiger partial charge in [-0.05, 0) is 30.9 Å². The second-order valence-corrected chi connectivity index (χ2v) is 6.87. The molecule has 1 atom stereocenters. The fraction of sp³-hybridized carbons (Fsp3) is 0.375. The highest BCUT2D eigenvalue weighted by atomic mass is 35.5. The lowest BCUT2D eigenvalue weighted by molar-refractivity contribution is -0.137. The van der Waals surface area contributed by atoms with E-state index < -0.39 is 11.7 Å². The number of aryl methyl sites for hydroxylation is 1. The van der Waals surface area contributed by atoms with E-state index >= 15 is 0 Å². The van der Waals surface area contributed by atoms with Crippen molar-refractivity contribution in [3.63, 3.8) is 0 Å². The van der Waals surface area contributed by atoms with Crippen molar-refractivity contribution in [1.29, 1.82) is 0 Å². The average Bonchev–Trinajstić information content (AvgIpc) is 3.01. The quantitative estimate of drug-likeness (QED) is 0.856. The predicted octanol–water partition coefficient (Wildman–Crippen LogP) is 4.55. The van der Waals surface area contributed by atoms with Gasteiger partial charge in [0.1, 0.15) is 0 Å². The lowest BCUT2D eigenvalue weighted by Gasteiger charge is -2.21. The van der Waals surface area contributed by atoms with Crippen LogP contribution in [0.15, 0.2) is 23.7 Å². The molecule has 8 heteroatoms. The first kappa shape index (κ1) is 17.2. The Balaban J connectivity index is 1.72. The van der Waals surface area contributed by atoms with Crippen molar-refractivity contribution in [1.82, 2.24) is 10.3 Å². The number of hydrogen-bond donors (Lipinski definition) is 1. The highest BCUT2D eigenvalue weighted by molar-refractivity contribution is 7.10. The number of halogens is 4. The van der Waals surface area contributed by atoms with Gasteiger partial charge in [0.05, 0.1) is 27.7 Å². The molecular formula is C16H14ClF3N2OS. The smallest absolute Gasteiger partial charge is 0.351 e. The van der Waals surface area contributed by atoms with Crippen molar-refractivity contribution in [2.24, 2.45) is 0 Å². The summed E-state index contributed by atoms with van der Waals surface area (Å²) in [7, 11) is 0. The number of benzene rings is 1. The molecule has 0 spiro atoms. The van der Waals surface area contributed by atoms with Gasteiger partial charge >= 0.3 is 6.18 Å². The summed E-state index contributed by atoms with van der Waals surface area (Å²) in [6.45, 7) is -0.0355. The summed E-state index contributed by atoms with van der Waals surface area (Å²) in [6.07, 6.45) is -2.06. The molecule has 0 bridgehead atoms. The molecule has 3 nitrogen and oxygen atoms in total. The molecule has 0 fully saturated rings. The Bertz CT molecular complexity index is 760. The van der Waals surface area contributed by atoms with Gasteiger partial charge in [0, 0.05) is 11.4 Å². The van der Waals surface area contributed by atoms with Crippen LogP contribution in [0.5, 0.6) is 0 Å². The van der Waals surface area contributed by atoms with Gasteiger partial charge in [0.2, 0.25) is 5.91 Å². The van der Waals surface area contributed by atoms with Gasteiger partial charge in [0.15, 0.2) is 0 Å². The Labute approximate surface area is 145 Å². The fourth-order valence-corrected chi connectivity index (χ4v) is 4.12. The van der Waals surface area contributed by atoms with Crippen LogP contribution in [0.4, 0.5) is 13.2 Å². The third-order valence-corrected chi connectivity index (χ3v) is 5.48. The molecule has 1 amide bonds.